The molecular weight excluding hydrogens is 364 g/mol. The molecule has 0 aliphatic rings. The second kappa shape index (κ2) is 7.72. The van der Waals surface area contributed by atoms with Gasteiger partial charge >= 0.3 is 0 Å². The number of carbonyl (C=O) groups is 1. The zero-order valence-electron chi connectivity index (χ0n) is 13.8. The molecule has 0 atom stereocenters. The molecule has 0 saturated carbocycles. The van der Waals surface area contributed by atoms with Crippen molar-refractivity contribution < 1.29 is 4.79 Å². The van der Waals surface area contributed by atoms with Crippen LogP contribution in [0.2, 0.25) is 0 Å². The summed E-state index contributed by atoms with van der Waals surface area (Å²) in [6.07, 6.45) is 0.731. The van der Waals surface area contributed by atoms with E-state index in [9.17, 15) is 4.79 Å². The van der Waals surface area contributed by atoms with Gasteiger partial charge in [0, 0.05) is 17.0 Å². The van der Waals surface area contributed by atoms with Crippen molar-refractivity contribution in [3.63, 3.8) is 0 Å². The van der Waals surface area contributed by atoms with Gasteiger partial charge in [-0.25, -0.2) is 4.98 Å². The predicted molar refractivity (Wildman–Crippen MR) is 107 cm³/mol. The van der Waals surface area contributed by atoms with Crippen LogP contribution in [0.4, 0.5) is 5.69 Å². The summed E-state index contributed by atoms with van der Waals surface area (Å²) in [6, 6.07) is 18.0. The second-order valence-corrected chi connectivity index (χ2v) is 7.69. The first kappa shape index (κ1) is 16.8. The van der Waals surface area contributed by atoms with Crippen LogP contribution >= 0.6 is 23.1 Å². The molecule has 5 nitrogen and oxygen atoms in total. The summed E-state index contributed by atoms with van der Waals surface area (Å²) in [4.78, 5) is 17.8. The standard InChI is InChI=1S/C19H16N4OS2/c24-18(20-15-8-7-13-4-1-2-5-14(13)10-15)12-26-19-21-17(22-23-19)11-16-6-3-9-25-16/h1-10H,11-12H2,(H,20,24)(H,21,22,23). The van der Waals surface area contributed by atoms with E-state index in [0.29, 0.717) is 5.16 Å². The highest BCUT2D eigenvalue weighted by molar-refractivity contribution is 7.99. The number of anilines is 1. The summed E-state index contributed by atoms with van der Waals surface area (Å²) in [5.74, 6) is 1.00. The number of nitrogens with zero attached hydrogens (tertiary/aromatic N) is 2. The number of thioether (sulfide) groups is 1. The third-order valence-corrected chi connectivity index (χ3v) is 5.52. The Morgan fingerprint density at radius 1 is 1.12 bits per heavy atom. The number of hydrogen-bond donors (Lipinski definition) is 2. The second-order valence-electron chi connectivity index (χ2n) is 5.72. The Kier molecular flexibility index (Phi) is 4.99. The largest absolute Gasteiger partial charge is 0.325 e. The van der Waals surface area contributed by atoms with E-state index in [0.717, 1.165) is 28.7 Å². The maximum Gasteiger partial charge on any atom is 0.234 e. The maximum absolute atomic E-state index is 12.2. The van der Waals surface area contributed by atoms with Crippen molar-refractivity contribution in [2.45, 2.75) is 11.6 Å². The van der Waals surface area contributed by atoms with Crippen molar-refractivity contribution in [2.24, 2.45) is 0 Å². The molecule has 0 spiro atoms. The van der Waals surface area contributed by atoms with E-state index in [4.69, 9.17) is 0 Å². The number of carbonyl (C=O) groups excluding carboxylic acids is 1. The lowest BCUT2D eigenvalue weighted by Crippen LogP contribution is -2.14. The van der Waals surface area contributed by atoms with Crippen LogP contribution < -0.4 is 5.32 Å². The summed E-state index contributed by atoms with van der Waals surface area (Å²) in [5.41, 5.74) is 0.794. The molecule has 0 bridgehead atoms. The molecule has 2 aromatic heterocycles. The fourth-order valence-electron chi connectivity index (χ4n) is 2.59. The monoisotopic (exact) mass is 380 g/mol. The molecule has 0 aliphatic carbocycles. The Balaban J connectivity index is 1.32. The molecule has 4 rings (SSSR count). The number of thiophene rings is 1. The number of aromatic nitrogens is 3. The Bertz CT molecular complexity index is 1030. The van der Waals surface area contributed by atoms with Gasteiger partial charge in [0.1, 0.15) is 5.82 Å². The van der Waals surface area contributed by atoms with Gasteiger partial charge < -0.3 is 5.32 Å². The number of nitrogens with one attached hydrogen (secondary N) is 2. The van der Waals surface area contributed by atoms with Gasteiger partial charge in [-0.3, -0.25) is 9.89 Å². The highest BCUT2D eigenvalue weighted by atomic mass is 32.2. The third-order valence-electron chi connectivity index (χ3n) is 3.80. The molecule has 2 N–H and O–H groups in total. The Morgan fingerprint density at radius 3 is 2.85 bits per heavy atom. The molecule has 4 aromatic rings. The van der Waals surface area contributed by atoms with Crippen LogP contribution in [0.5, 0.6) is 0 Å². The Labute approximate surface area is 158 Å². The van der Waals surface area contributed by atoms with Gasteiger partial charge in [-0.1, -0.05) is 48.2 Å². The average Bonchev–Trinajstić information content (AvgIpc) is 3.32. The molecule has 0 unspecified atom stereocenters. The normalized spacial score (nSPS) is 10.9. The number of aromatic amines is 1. The zero-order valence-corrected chi connectivity index (χ0v) is 15.4. The van der Waals surface area contributed by atoms with Crippen molar-refractivity contribution >= 4 is 45.5 Å². The molecule has 2 heterocycles. The van der Waals surface area contributed by atoms with E-state index in [-0.39, 0.29) is 11.7 Å². The summed E-state index contributed by atoms with van der Waals surface area (Å²) < 4.78 is 0. The lowest BCUT2D eigenvalue weighted by Gasteiger charge is -2.05. The van der Waals surface area contributed by atoms with Crippen molar-refractivity contribution in [2.75, 3.05) is 11.1 Å². The first-order valence-electron chi connectivity index (χ1n) is 8.11. The van der Waals surface area contributed by atoms with Crippen molar-refractivity contribution in [1.82, 2.24) is 15.2 Å². The van der Waals surface area contributed by atoms with Crippen LogP contribution in [0, 0.1) is 0 Å². The molecule has 0 fully saturated rings. The number of hydrogen-bond acceptors (Lipinski definition) is 5. The number of rotatable bonds is 6. The van der Waals surface area contributed by atoms with Crippen molar-refractivity contribution in [3.05, 3.63) is 70.7 Å². The van der Waals surface area contributed by atoms with E-state index >= 15 is 0 Å². The minimum Gasteiger partial charge on any atom is -0.325 e. The molecule has 130 valence electrons. The molecule has 7 heteroatoms. The average molecular weight is 380 g/mol. The molecule has 0 radical (unpaired) electrons. The summed E-state index contributed by atoms with van der Waals surface area (Å²) in [5, 5.41) is 14.9. The highest BCUT2D eigenvalue weighted by Gasteiger charge is 2.09. The van der Waals surface area contributed by atoms with Crippen LogP contribution in [0.3, 0.4) is 0 Å². The lowest BCUT2D eigenvalue weighted by atomic mass is 10.1. The van der Waals surface area contributed by atoms with Gasteiger partial charge in [-0.15, -0.1) is 16.4 Å². The van der Waals surface area contributed by atoms with Gasteiger partial charge in [-0.05, 0) is 34.4 Å². The third kappa shape index (κ3) is 4.12. The topological polar surface area (TPSA) is 70.7 Å². The Hall–Kier alpha value is -2.64. The van der Waals surface area contributed by atoms with E-state index < -0.39 is 0 Å². The van der Waals surface area contributed by atoms with Gasteiger partial charge in [-0.2, -0.15) is 0 Å². The number of amides is 1. The van der Waals surface area contributed by atoms with Gasteiger partial charge in [0.15, 0.2) is 0 Å². The van der Waals surface area contributed by atoms with Crippen molar-refractivity contribution in [1.29, 1.82) is 0 Å². The number of fused-ring (bicyclic) bond motifs is 1. The van der Waals surface area contributed by atoms with Crippen molar-refractivity contribution in [3.8, 4) is 0 Å². The fraction of sp³-hybridized carbons (Fsp3) is 0.105. The van der Waals surface area contributed by atoms with Crippen LogP contribution in [0.15, 0.2) is 65.1 Å². The molecular formula is C19H16N4OS2. The number of H-pyrrole nitrogens is 1. The summed E-state index contributed by atoms with van der Waals surface area (Å²) >= 11 is 3.01. The quantitative estimate of drug-likeness (QED) is 0.488. The van der Waals surface area contributed by atoms with Gasteiger partial charge in [0.2, 0.25) is 11.1 Å². The molecule has 1 amide bonds. The van der Waals surface area contributed by atoms with Crippen LogP contribution in [0.1, 0.15) is 10.7 Å². The zero-order chi connectivity index (χ0) is 17.8. The van der Waals surface area contributed by atoms with Gasteiger partial charge in [0.05, 0.1) is 5.75 Å². The molecule has 0 saturated heterocycles. The van der Waals surface area contributed by atoms with E-state index in [2.05, 4.69) is 26.6 Å². The first-order valence-corrected chi connectivity index (χ1v) is 9.98. The van der Waals surface area contributed by atoms with Crippen LogP contribution in [-0.4, -0.2) is 26.8 Å². The molecule has 0 aliphatic heterocycles. The fourth-order valence-corrected chi connectivity index (χ4v) is 3.92. The van der Waals surface area contributed by atoms with E-state index in [1.54, 1.807) is 11.3 Å². The van der Waals surface area contributed by atoms with E-state index in [1.807, 2.05) is 53.9 Å². The molecule has 2 aromatic carbocycles. The van der Waals surface area contributed by atoms with Gasteiger partial charge in [0.25, 0.3) is 0 Å². The van der Waals surface area contributed by atoms with Crippen LogP contribution in [-0.2, 0) is 11.2 Å². The highest BCUT2D eigenvalue weighted by Crippen LogP contribution is 2.20. The van der Waals surface area contributed by atoms with Crippen LogP contribution in [0.25, 0.3) is 10.8 Å². The maximum atomic E-state index is 12.2. The number of benzene rings is 2. The SMILES string of the molecule is O=C(CSc1n[nH]c(Cc2cccs2)n1)Nc1ccc2ccccc2c1. The molecule has 26 heavy (non-hydrogen) atoms. The van der Waals surface area contributed by atoms with E-state index in [1.165, 1.54) is 16.6 Å². The minimum atomic E-state index is -0.0742. The Morgan fingerprint density at radius 2 is 2.00 bits per heavy atom. The summed E-state index contributed by atoms with van der Waals surface area (Å²) in [6.45, 7) is 0. The minimum absolute atomic E-state index is 0.0742. The lowest BCUT2D eigenvalue weighted by molar-refractivity contribution is -0.113. The summed E-state index contributed by atoms with van der Waals surface area (Å²) in [7, 11) is 0. The smallest absolute Gasteiger partial charge is 0.234 e. The first-order chi connectivity index (χ1) is 12.8. The predicted octanol–water partition coefficient (Wildman–Crippen LogP) is 4.34.